The molecule has 0 radical (unpaired) electrons. The fraction of sp³-hybridized carbons (Fsp3) is 0.167. The summed E-state index contributed by atoms with van der Waals surface area (Å²) in [5.74, 6) is -0.204. The quantitative estimate of drug-likeness (QED) is 0.732. The van der Waals surface area contributed by atoms with Gasteiger partial charge in [-0.25, -0.2) is 4.39 Å². The Balaban J connectivity index is 1.88. The van der Waals surface area contributed by atoms with Crippen LogP contribution in [0.5, 0.6) is 0 Å². The number of para-hydroxylation sites is 1. The summed E-state index contributed by atoms with van der Waals surface area (Å²) in [6.07, 6.45) is 2.70. The Hall–Kier alpha value is -2.42. The molecule has 0 aliphatic heterocycles. The van der Waals surface area contributed by atoms with E-state index in [4.69, 9.17) is 0 Å². The summed E-state index contributed by atoms with van der Waals surface area (Å²) in [5.41, 5.74) is 2.87. The van der Waals surface area contributed by atoms with Crippen LogP contribution in [0.25, 0.3) is 10.9 Å². The molecule has 0 spiro atoms. The molecule has 1 N–H and O–H groups in total. The van der Waals surface area contributed by atoms with Gasteiger partial charge in [-0.3, -0.25) is 4.98 Å². The molecule has 0 aliphatic rings. The molecule has 1 unspecified atom stereocenters. The molecule has 0 saturated heterocycles. The molecule has 0 saturated carbocycles. The number of aromatic nitrogens is 1. The maximum Gasteiger partial charge on any atom is 0.123 e. The molecule has 0 amide bonds. The predicted octanol–water partition coefficient (Wildman–Crippen LogP) is 4.94. The smallest absolute Gasteiger partial charge is 0.123 e. The Bertz CT molecular complexity index is 755. The lowest BCUT2D eigenvalue weighted by atomic mass is 10.0. The van der Waals surface area contributed by atoms with Crippen LogP contribution in [-0.4, -0.2) is 4.98 Å². The maximum atomic E-state index is 13.4. The van der Waals surface area contributed by atoms with Crippen LogP contribution < -0.4 is 5.32 Å². The molecule has 0 fully saturated rings. The molecule has 1 aromatic heterocycles. The minimum Gasteiger partial charge on any atom is -0.377 e. The summed E-state index contributed by atoms with van der Waals surface area (Å²) >= 11 is 0. The molecule has 2 aromatic carbocycles. The van der Waals surface area contributed by atoms with E-state index in [-0.39, 0.29) is 11.9 Å². The zero-order valence-electron chi connectivity index (χ0n) is 11.9. The molecule has 0 aliphatic carbocycles. The lowest BCUT2D eigenvalue weighted by Crippen LogP contribution is -2.10. The maximum absolute atomic E-state index is 13.4. The predicted molar refractivity (Wildman–Crippen MR) is 84.8 cm³/mol. The van der Waals surface area contributed by atoms with E-state index in [2.05, 4.69) is 23.3 Å². The van der Waals surface area contributed by atoms with Gasteiger partial charge in [0.2, 0.25) is 0 Å². The number of anilines is 1. The van der Waals surface area contributed by atoms with Gasteiger partial charge < -0.3 is 5.32 Å². The molecular formula is C18H17FN2. The number of nitrogens with one attached hydrogen (secondary N) is 1. The van der Waals surface area contributed by atoms with Gasteiger partial charge in [-0.1, -0.05) is 37.3 Å². The minimum absolute atomic E-state index is 0.0728. The average Bonchev–Trinajstić information content (AvgIpc) is 2.52. The number of hydrogen-bond donors (Lipinski definition) is 1. The first-order valence-corrected chi connectivity index (χ1v) is 7.13. The van der Waals surface area contributed by atoms with Crippen LogP contribution in [0.3, 0.4) is 0 Å². The fourth-order valence-electron chi connectivity index (χ4n) is 2.50. The van der Waals surface area contributed by atoms with Crippen molar-refractivity contribution in [1.29, 1.82) is 0 Å². The Morgan fingerprint density at radius 3 is 2.76 bits per heavy atom. The van der Waals surface area contributed by atoms with E-state index in [0.717, 1.165) is 28.6 Å². The van der Waals surface area contributed by atoms with Crippen LogP contribution in [0, 0.1) is 5.82 Å². The second-order valence-corrected chi connectivity index (χ2v) is 5.08. The van der Waals surface area contributed by atoms with Crippen molar-refractivity contribution < 1.29 is 4.39 Å². The summed E-state index contributed by atoms with van der Waals surface area (Å²) < 4.78 is 13.4. The van der Waals surface area contributed by atoms with Crippen molar-refractivity contribution in [1.82, 2.24) is 4.98 Å². The number of nitrogens with zero attached hydrogens (tertiary/aromatic N) is 1. The van der Waals surface area contributed by atoms with Crippen molar-refractivity contribution in [2.45, 2.75) is 19.4 Å². The third-order valence-electron chi connectivity index (χ3n) is 3.59. The molecule has 3 rings (SSSR count). The molecular weight excluding hydrogens is 263 g/mol. The summed E-state index contributed by atoms with van der Waals surface area (Å²) in [6, 6.07) is 16.9. The van der Waals surface area contributed by atoms with E-state index < -0.39 is 0 Å². The first-order chi connectivity index (χ1) is 10.3. The van der Waals surface area contributed by atoms with Gasteiger partial charge in [0.05, 0.1) is 23.4 Å². The van der Waals surface area contributed by atoms with E-state index in [1.807, 2.05) is 36.5 Å². The van der Waals surface area contributed by atoms with Crippen molar-refractivity contribution in [3.8, 4) is 0 Å². The zero-order chi connectivity index (χ0) is 14.7. The lowest BCUT2D eigenvalue weighted by molar-refractivity contribution is 0.621. The Morgan fingerprint density at radius 1 is 1.10 bits per heavy atom. The van der Waals surface area contributed by atoms with Gasteiger partial charge in [0.1, 0.15) is 5.82 Å². The highest BCUT2D eigenvalue weighted by atomic mass is 19.1. The fourth-order valence-corrected chi connectivity index (χ4v) is 2.50. The van der Waals surface area contributed by atoms with Crippen molar-refractivity contribution >= 4 is 16.6 Å². The lowest BCUT2D eigenvalue weighted by Gasteiger charge is -2.19. The summed E-state index contributed by atoms with van der Waals surface area (Å²) in [4.78, 5) is 4.44. The highest BCUT2D eigenvalue weighted by Crippen LogP contribution is 2.24. The van der Waals surface area contributed by atoms with Crippen molar-refractivity contribution in [3.05, 3.63) is 72.2 Å². The van der Waals surface area contributed by atoms with Gasteiger partial charge in [0.15, 0.2) is 0 Å². The van der Waals surface area contributed by atoms with Crippen LogP contribution in [0.15, 0.2) is 60.8 Å². The molecule has 21 heavy (non-hydrogen) atoms. The first kappa shape index (κ1) is 13.6. The highest BCUT2D eigenvalue weighted by Gasteiger charge is 2.10. The average molecular weight is 280 g/mol. The summed E-state index contributed by atoms with van der Waals surface area (Å²) in [6.45, 7) is 2.08. The topological polar surface area (TPSA) is 24.9 Å². The van der Waals surface area contributed by atoms with E-state index >= 15 is 0 Å². The highest BCUT2D eigenvalue weighted by molar-refractivity contribution is 5.81. The van der Waals surface area contributed by atoms with Crippen LogP contribution in [0.1, 0.15) is 24.9 Å². The monoisotopic (exact) mass is 280 g/mol. The minimum atomic E-state index is -0.204. The molecule has 3 heteroatoms. The molecule has 0 bridgehead atoms. The normalized spacial score (nSPS) is 12.3. The van der Waals surface area contributed by atoms with Crippen LogP contribution in [0.4, 0.5) is 10.1 Å². The van der Waals surface area contributed by atoms with E-state index in [1.165, 1.54) is 6.07 Å². The standard InChI is InChI=1S/C18H17FN2/c1-2-17(13-7-5-8-15(19)10-13)21-16-11-14-6-3-4-9-18(14)20-12-16/h3-12,17,21H,2H2,1H3. The summed E-state index contributed by atoms with van der Waals surface area (Å²) in [7, 11) is 0. The Morgan fingerprint density at radius 2 is 1.95 bits per heavy atom. The Kier molecular flexibility index (Phi) is 3.82. The second kappa shape index (κ2) is 5.92. The number of pyridine rings is 1. The number of halogens is 1. The molecule has 106 valence electrons. The molecule has 3 aromatic rings. The van der Waals surface area contributed by atoms with Gasteiger partial charge in [0.25, 0.3) is 0 Å². The zero-order valence-corrected chi connectivity index (χ0v) is 11.9. The number of fused-ring (bicyclic) bond motifs is 1. The van der Waals surface area contributed by atoms with Gasteiger partial charge in [-0.15, -0.1) is 0 Å². The van der Waals surface area contributed by atoms with Crippen LogP contribution >= 0.6 is 0 Å². The van der Waals surface area contributed by atoms with E-state index in [0.29, 0.717) is 0 Å². The third-order valence-corrected chi connectivity index (χ3v) is 3.59. The van der Waals surface area contributed by atoms with Crippen molar-refractivity contribution in [2.24, 2.45) is 0 Å². The largest absolute Gasteiger partial charge is 0.377 e. The third kappa shape index (κ3) is 3.02. The van der Waals surface area contributed by atoms with Crippen LogP contribution in [-0.2, 0) is 0 Å². The molecule has 1 atom stereocenters. The van der Waals surface area contributed by atoms with Gasteiger partial charge in [-0.2, -0.15) is 0 Å². The first-order valence-electron chi connectivity index (χ1n) is 7.13. The van der Waals surface area contributed by atoms with E-state index in [1.54, 1.807) is 12.1 Å². The number of benzene rings is 2. The molecule has 2 nitrogen and oxygen atoms in total. The van der Waals surface area contributed by atoms with Crippen molar-refractivity contribution in [2.75, 3.05) is 5.32 Å². The number of rotatable bonds is 4. The SMILES string of the molecule is CCC(Nc1cnc2ccccc2c1)c1cccc(F)c1. The summed E-state index contributed by atoms with van der Waals surface area (Å²) in [5, 5.41) is 4.53. The van der Waals surface area contributed by atoms with Gasteiger partial charge >= 0.3 is 0 Å². The second-order valence-electron chi connectivity index (χ2n) is 5.08. The van der Waals surface area contributed by atoms with Gasteiger partial charge in [-0.05, 0) is 36.2 Å². The number of hydrogen-bond acceptors (Lipinski definition) is 2. The molecule has 1 heterocycles. The van der Waals surface area contributed by atoms with E-state index in [9.17, 15) is 4.39 Å². The van der Waals surface area contributed by atoms with Crippen molar-refractivity contribution in [3.63, 3.8) is 0 Å². The Labute approximate surface area is 123 Å². The van der Waals surface area contributed by atoms with Gasteiger partial charge in [0, 0.05) is 5.39 Å². The van der Waals surface area contributed by atoms with Crippen LogP contribution in [0.2, 0.25) is 0 Å².